The number of nitro benzene ring substituents is 1. The summed E-state index contributed by atoms with van der Waals surface area (Å²) in [5, 5.41) is 17.6. The molecule has 12 heteroatoms. The zero-order chi connectivity index (χ0) is 24.0. The molecule has 2 aromatic carbocycles. The van der Waals surface area contributed by atoms with Crippen molar-refractivity contribution in [3.8, 4) is 11.5 Å². The van der Waals surface area contributed by atoms with Gasteiger partial charge in [0.25, 0.3) is 0 Å². The van der Waals surface area contributed by atoms with Crippen LogP contribution in [0.4, 0.5) is 33.1 Å². The van der Waals surface area contributed by atoms with E-state index in [9.17, 15) is 14.5 Å². The van der Waals surface area contributed by atoms with Gasteiger partial charge in [-0.2, -0.15) is 0 Å². The third-order valence-electron chi connectivity index (χ3n) is 4.40. The fourth-order valence-electron chi connectivity index (χ4n) is 2.77. The summed E-state index contributed by atoms with van der Waals surface area (Å²) in [5.41, 5.74) is 0.627. The minimum absolute atomic E-state index is 0.0302. The van der Waals surface area contributed by atoms with E-state index in [0.29, 0.717) is 35.3 Å². The number of nitrogens with zero attached hydrogens (tertiary/aromatic N) is 4. The molecular weight excluding hydrogens is 455 g/mol. The quantitative estimate of drug-likeness (QED) is 0.319. The topological polar surface area (TPSA) is 115 Å². The van der Waals surface area contributed by atoms with E-state index < -0.39 is 10.7 Å². The molecule has 33 heavy (non-hydrogen) atoms. The molecule has 1 heterocycles. The Morgan fingerprint density at radius 2 is 1.85 bits per heavy atom. The van der Waals surface area contributed by atoms with Crippen molar-refractivity contribution in [3.63, 3.8) is 0 Å². The highest BCUT2D eigenvalue weighted by atomic mass is 35.5. The van der Waals surface area contributed by atoms with Crippen LogP contribution in [0.1, 0.15) is 0 Å². The van der Waals surface area contributed by atoms with Crippen LogP contribution in [0.15, 0.2) is 42.7 Å². The number of aromatic nitrogens is 2. The average molecular weight is 477 g/mol. The summed E-state index contributed by atoms with van der Waals surface area (Å²) >= 11 is 5.81. The number of benzene rings is 2. The van der Waals surface area contributed by atoms with Gasteiger partial charge in [-0.3, -0.25) is 10.1 Å². The van der Waals surface area contributed by atoms with E-state index in [1.54, 1.807) is 6.07 Å². The van der Waals surface area contributed by atoms with Gasteiger partial charge in [0.05, 0.1) is 22.7 Å². The molecule has 0 unspecified atom stereocenters. The first kappa shape index (κ1) is 24.0. The summed E-state index contributed by atoms with van der Waals surface area (Å²) in [6.45, 7) is 0.869. The lowest BCUT2D eigenvalue weighted by molar-refractivity contribution is -0.385. The van der Waals surface area contributed by atoms with Gasteiger partial charge in [-0.05, 0) is 32.3 Å². The van der Waals surface area contributed by atoms with Gasteiger partial charge >= 0.3 is 5.69 Å². The number of halogens is 2. The van der Waals surface area contributed by atoms with Crippen molar-refractivity contribution in [1.82, 2.24) is 14.9 Å². The first-order valence-electron chi connectivity index (χ1n) is 9.72. The van der Waals surface area contributed by atoms with E-state index in [1.165, 1.54) is 43.8 Å². The Hall–Kier alpha value is -3.70. The zero-order valence-corrected chi connectivity index (χ0v) is 18.9. The molecule has 0 saturated carbocycles. The molecule has 0 aliphatic carbocycles. The van der Waals surface area contributed by atoms with Crippen molar-refractivity contribution in [2.45, 2.75) is 0 Å². The summed E-state index contributed by atoms with van der Waals surface area (Å²) in [7, 11) is 5.20. The van der Waals surface area contributed by atoms with Crippen LogP contribution in [0.25, 0.3) is 0 Å². The summed E-state index contributed by atoms with van der Waals surface area (Å²) in [4.78, 5) is 21.2. The molecule has 3 aromatic rings. The van der Waals surface area contributed by atoms with Gasteiger partial charge in [0.15, 0.2) is 0 Å². The van der Waals surface area contributed by atoms with Crippen LogP contribution in [-0.2, 0) is 0 Å². The molecule has 3 rings (SSSR count). The maximum Gasteiger partial charge on any atom is 0.313 e. The Bertz CT molecular complexity index is 1150. The third-order valence-corrected chi connectivity index (χ3v) is 4.69. The number of methoxy groups -OCH3 is 1. The molecule has 10 nitrogen and oxygen atoms in total. The van der Waals surface area contributed by atoms with Crippen LogP contribution in [0.3, 0.4) is 0 Å². The van der Waals surface area contributed by atoms with E-state index in [-0.39, 0.29) is 23.1 Å². The fraction of sp³-hybridized carbons (Fsp3) is 0.238. The number of hydrogen-bond donors (Lipinski definition) is 2. The van der Waals surface area contributed by atoms with Gasteiger partial charge in [0.2, 0.25) is 5.75 Å². The van der Waals surface area contributed by atoms with Gasteiger partial charge in [-0.15, -0.1) is 0 Å². The molecule has 0 bridgehead atoms. The highest BCUT2D eigenvalue weighted by Crippen LogP contribution is 2.39. The van der Waals surface area contributed by atoms with E-state index >= 15 is 0 Å². The van der Waals surface area contributed by atoms with Gasteiger partial charge in [-0.25, -0.2) is 14.4 Å². The first-order chi connectivity index (χ1) is 15.8. The number of nitrogens with one attached hydrogen (secondary N) is 2. The second-order valence-electron chi connectivity index (χ2n) is 7.10. The van der Waals surface area contributed by atoms with Crippen molar-refractivity contribution < 1.29 is 18.8 Å². The normalized spacial score (nSPS) is 10.7. The smallest absolute Gasteiger partial charge is 0.313 e. The van der Waals surface area contributed by atoms with Gasteiger partial charge in [0, 0.05) is 30.4 Å². The lowest BCUT2D eigenvalue weighted by Gasteiger charge is -2.15. The number of ether oxygens (including phenoxy) is 2. The molecule has 0 aliphatic heterocycles. The number of hydrogen-bond acceptors (Lipinski definition) is 9. The SMILES string of the molecule is COc1cc(OCCN(C)C)c([N+](=O)[O-])cc1Nc1cc(Nc2ccc(F)c(Cl)c2)ncn1. The molecule has 0 atom stereocenters. The fourth-order valence-corrected chi connectivity index (χ4v) is 2.95. The summed E-state index contributed by atoms with van der Waals surface area (Å²) < 4.78 is 24.4. The van der Waals surface area contributed by atoms with Gasteiger partial charge in [0.1, 0.15) is 36.1 Å². The number of nitro groups is 1. The highest BCUT2D eigenvalue weighted by Gasteiger charge is 2.21. The zero-order valence-electron chi connectivity index (χ0n) is 18.1. The second kappa shape index (κ2) is 10.7. The largest absolute Gasteiger partial charge is 0.494 e. The number of rotatable bonds is 10. The maximum absolute atomic E-state index is 13.4. The second-order valence-corrected chi connectivity index (χ2v) is 7.50. The molecule has 1 aromatic heterocycles. The Labute approximate surface area is 194 Å². The summed E-state index contributed by atoms with van der Waals surface area (Å²) in [6.07, 6.45) is 1.30. The van der Waals surface area contributed by atoms with Crippen molar-refractivity contribution in [3.05, 3.63) is 63.7 Å². The average Bonchev–Trinajstić information content (AvgIpc) is 2.76. The molecule has 2 N–H and O–H groups in total. The molecule has 0 amide bonds. The van der Waals surface area contributed by atoms with Crippen LogP contribution in [-0.4, -0.2) is 54.1 Å². The molecule has 0 spiro atoms. The Morgan fingerprint density at radius 3 is 2.48 bits per heavy atom. The molecule has 0 saturated heterocycles. The predicted octanol–water partition coefficient (Wildman–Crippen LogP) is 4.61. The molecule has 174 valence electrons. The van der Waals surface area contributed by atoms with Crippen LogP contribution < -0.4 is 20.1 Å². The van der Waals surface area contributed by atoms with E-state index in [0.717, 1.165) is 0 Å². The Balaban J connectivity index is 1.84. The van der Waals surface area contributed by atoms with Crippen LogP contribution in [0, 0.1) is 15.9 Å². The lowest BCUT2D eigenvalue weighted by atomic mass is 10.2. The first-order valence-corrected chi connectivity index (χ1v) is 10.1. The summed E-state index contributed by atoms with van der Waals surface area (Å²) in [6, 6.07) is 8.52. The Kier molecular flexibility index (Phi) is 7.80. The van der Waals surface area contributed by atoms with Crippen LogP contribution in [0.5, 0.6) is 11.5 Å². The third kappa shape index (κ3) is 6.40. The molecule has 0 radical (unpaired) electrons. The van der Waals surface area contributed by atoms with Crippen LogP contribution >= 0.6 is 11.6 Å². The molecule has 0 aliphatic rings. The predicted molar refractivity (Wildman–Crippen MR) is 124 cm³/mol. The maximum atomic E-state index is 13.4. The Morgan fingerprint density at radius 1 is 1.12 bits per heavy atom. The van der Waals surface area contributed by atoms with Crippen molar-refractivity contribution >= 4 is 40.3 Å². The highest BCUT2D eigenvalue weighted by molar-refractivity contribution is 6.31. The van der Waals surface area contributed by atoms with Crippen LogP contribution in [0.2, 0.25) is 5.02 Å². The lowest BCUT2D eigenvalue weighted by Crippen LogP contribution is -2.19. The van der Waals surface area contributed by atoms with Crippen molar-refractivity contribution in [2.75, 3.05) is 45.0 Å². The van der Waals surface area contributed by atoms with E-state index in [1.807, 2.05) is 19.0 Å². The standard InChI is InChI=1S/C21H22ClFN6O4/c1-28(2)6-7-33-19-10-18(32-3)16(9-17(19)29(30)31)27-21-11-20(24-12-25-21)26-13-4-5-15(23)14(22)8-13/h4-5,8-12H,6-7H2,1-3H3,(H2,24,25,26,27). The van der Waals surface area contributed by atoms with Gasteiger partial charge < -0.3 is 25.0 Å². The van der Waals surface area contributed by atoms with Crippen molar-refractivity contribution in [2.24, 2.45) is 0 Å². The number of likely N-dealkylation sites (N-methyl/N-ethyl adjacent to an activating group) is 1. The monoisotopic (exact) mass is 476 g/mol. The van der Waals surface area contributed by atoms with E-state index in [2.05, 4.69) is 20.6 Å². The number of anilines is 4. The minimum atomic E-state index is -0.532. The minimum Gasteiger partial charge on any atom is -0.494 e. The van der Waals surface area contributed by atoms with Crippen molar-refractivity contribution in [1.29, 1.82) is 0 Å². The molecular formula is C21H22ClFN6O4. The van der Waals surface area contributed by atoms with Gasteiger partial charge in [-0.1, -0.05) is 11.6 Å². The molecule has 0 fully saturated rings. The summed E-state index contributed by atoms with van der Waals surface area (Å²) in [5.74, 6) is 0.637. The van der Waals surface area contributed by atoms with E-state index in [4.69, 9.17) is 21.1 Å².